The summed E-state index contributed by atoms with van der Waals surface area (Å²) < 4.78 is 23.2. The van der Waals surface area contributed by atoms with Crippen molar-refractivity contribution in [2.75, 3.05) is 52.9 Å². The second-order valence-electron chi connectivity index (χ2n) is 11.1. The van der Waals surface area contributed by atoms with Crippen LogP contribution in [0.25, 0.3) is 0 Å². The SMILES string of the molecule is CCCCCCCCCCCOCCOCCC1=C[SeH2]C=C1CCOCCOCCCCCCCCCCC. The van der Waals surface area contributed by atoms with E-state index in [4.69, 9.17) is 18.9 Å². The molecule has 0 atom stereocenters. The van der Waals surface area contributed by atoms with Gasteiger partial charge in [0.1, 0.15) is 0 Å². The van der Waals surface area contributed by atoms with Crippen molar-refractivity contribution in [3.8, 4) is 0 Å². The molecular weight excluding hydrogens is 551 g/mol. The summed E-state index contributed by atoms with van der Waals surface area (Å²) in [5, 5.41) is 0. The minimum atomic E-state index is -0.0462. The van der Waals surface area contributed by atoms with Gasteiger partial charge in [-0.1, -0.05) is 90.9 Å². The molecule has 0 N–H and O–H groups in total. The molecule has 4 nitrogen and oxygen atoms in total. The fourth-order valence-corrected chi connectivity index (χ4v) is 7.33. The smallest absolute Gasteiger partial charge is 0.0654 e. The van der Waals surface area contributed by atoms with E-state index in [1.54, 1.807) is 0 Å². The Labute approximate surface area is 249 Å². The standard InChI is InChI=1S/C34H66O4Se/c1-3-5-7-9-11-13-15-17-19-23-35-27-29-37-25-21-33-31-39-32-34(33)22-26-38-30-28-36-24-20-18-16-14-12-10-8-6-4-2/h31-32H,3-30,39H2,1-2H3. The van der Waals surface area contributed by atoms with Crippen molar-refractivity contribution in [2.45, 2.75) is 142 Å². The van der Waals surface area contributed by atoms with Gasteiger partial charge in [-0.15, -0.1) is 0 Å². The zero-order valence-corrected chi connectivity index (χ0v) is 28.2. The average Bonchev–Trinajstić information content (AvgIpc) is 3.40. The molecule has 0 aromatic rings. The molecule has 1 aliphatic rings. The summed E-state index contributed by atoms with van der Waals surface area (Å²) in [6, 6.07) is 0. The van der Waals surface area contributed by atoms with Gasteiger partial charge in [0.05, 0.1) is 0 Å². The molecular formula is C34H66O4Se. The topological polar surface area (TPSA) is 36.9 Å². The normalized spacial score (nSPS) is 13.5. The molecule has 0 saturated carbocycles. The fourth-order valence-electron chi connectivity index (χ4n) is 4.93. The van der Waals surface area contributed by atoms with E-state index in [9.17, 15) is 0 Å². The Bertz CT molecular complexity index is 515. The first-order valence-electron chi connectivity index (χ1n) is 16.8. The molecule has 0 radical (unpaired) electrons. The summed E-state index contributed by atoms with van der Waals surface area (Å²) in [7, 11) is 0. The van der Waals surface area contributed by atoms with Crippen LogP contribution in [0.1, 0.15) is 142 Å². The second-order valence-corrected chi connectivity index (χ2v) is 13.0. The third-order valence-electron chi connectivity index (χ3n) is 7.49. The van der Waals surface area contributed by atoms with Gasteiger partial charge in [0, 0.05) is 0 Å². The van der Waals surface area contributed by atoms with Gasteiger partial charge >= 0.3 is 159 Å². The van der Waals surface area contributed by atoms with E-state index in [0.717, 1.165) is 52.5 Å². The molecule has 0 bridgehead atoms. The molecule has 0 unspecified atom stereocenters. The summed E-state index contributed by atoms with van der Waals surface area (Å²) in [6.45, 7) is 10.8. The molecule has 0 aromatic heterocycles. The van der Waals surface area contributed by atoms with Crippen LogP contribution in [-0.4, -0.2) is 67.8 Å². The van der Waals surface area contributed by atoms with Gasteiger partial charge in [0.25, 0.3) is 0 Å². The van der Waals surface area contributed by atoms with Crippen LogP contribution in [0, 0.1) is 0 Å². The first kappa shape index (κ1) is 36.9. The number of hydrogen-bond donors (Lipinski definition) is 0. The molecule has 0 aliphatic carbocycles. The summed E-state index contributed by atoms with van der Waals surface area (Å²) in [4.78, 5) is 4.93. The van der Waals surface area contributed by atoms with Gasteiger partial charge in [-0.2, -0.15) is 0 Å². The van der Waals surface area contributed by atoms with E-state index in [-0.39, 0.29) is 15.0 Å². The predicted molar refractivity (Wildman–Crippen MR) is 172 cm³/mol. The van der Waals surface area contributed by atoms with Crippen LogP contribution in [-0.2, 0) is 18.9 Å². The number of ether oxygens (including phenoxy) is 4. The summed E-state index contributed by atoms with van der Waals surface area (Å²) in [5.74, 6) is 0. The zero-order valence-electron chi connectivity index (χ0n) is 26.1. The number of unbranched alkanes of at least 4 members (excludes halogenated alkanes) is 16. The van der Waals surface area contributed by atoms with Crippen molar-refractivity contribution in [1.29, 1.82) is 0 Å². The minimum absolute atomic E-state index is 0.0462. The van der Waals surface area contributed by atoms with Gasteiger partial charge in [-0.3, -0.25) is 0 Å². The molecule has 0 amide bonds. The predicted octanol–water partition coefficient (Wildman–Crippen LogP) is 8.84. The molecule has 0 saturated heterocycles. The quantitative estimate of drug-likeness (QED) is 0.0558. The summed E-state index contributed by atoms with van der Waals surface area (Å²) in [5.41, 5.74) is 2.99. The van der Waals surface area contributed by atoms with E-state index in [1.165, 1.54) is 127 Å². The number of rotatable bonds is 32. The van der Waals surface area contributed by atoms with E-state index in [1.807, 2.05) is 0 Å². The minimum Gasteiger partial charge on any atom is -0.0654 e. The van der Waals surface area contributed by atoms with Gasteiger partial charge in [-0.25, -0.2) is 0 Å². The molecule has 1 aliphatic heterocycles. The average molecular weight is 618 g/mol. The Morgan fingerprint density at radius 3 is 1.05 bits per heavy atom. The summed E-state index contributed by atoms with van der Waals surface area (Å²) in [6.07, 6.45) is 26.5. The Morgan fingerprint density at radius 2 is 0.692 bits per heavy atom. The first-order chi connectivity index (χ1) is 19.4. The van der Waals surface area contributed by atoms with Crippen LogP contribution in [0.2, 0.25) is 0 Å². The molecule has 1 rings (SSSR count). The van der Waals surface area contributed by atoms with Gasteiger partial charge < -0.3 is 0 Å². The van der Waals surface area contributed by atoms with Crippen molar-refractivity contribution in [1.82, 2.24) is 0 Å². The zero-order chi connectivity index (χ0) is 27.9. The first-order valence-corrected chi connectivity index (χ1v) is 19.3. The number of hydrogen-bond acceptors (Lipinski definition) is 4. The molecule has 5 heteroatoms. The molecule has 232 valence electrons. The molecule has 0 fully saturated rings. The Kier molecular flexibility index (Phi) is 29.1. The van der Waals surface area contributed by atoms with Crippen molar-refractivity contribution >= 4 is 15.0 Å². The van der Waals surface area contributed by atoms with E-state index >= 15 is 0 Å². The van der Waals surface area contributed by atoms with Crippen LogP contribution in [0.4, 0.5) is 0 Å². The van der Waals surface area contributed by atoms with Crippen molar-refractivity contribution in [3.63, 3.8) is 0 Å². The van der Waals surface area contributed by atoms with Crippen molar-refractivity contribution in [2.24, 2.45) is 0 Å². The Hall–Kier alpha value is -0.161. The van der Waals surface area contributed by atoms with E-state index < -0.39 is 0 Å². The van der Waals surface area contributed by atoms with Gasteiger partial charge in [-0.05, 0) is 0 Å². The second kappa shape index (κ2) is 30.8. The van der Waals surface area contributed by atoms with E-state index in [2.05, 4.69) is 23.8 Å². The van der Waals surface area contributed by atoms with Crippen molar-refractivity contribution < 1.29 is 18.9 Å². The van der Waals surface area contributed by atoms with Crippen LogP contribution in [0.3, 0.4) is 0 Å². The maximum absolute atomic E-state index is 5.84. The molecule has 1 heterocycles. The fraction of sp³-hybridized carbons (Fsp3) is 0.882. The molecule has 0 aromatic carbocycles. The molecule has 39 heavy (non-hydrogen) atoms. The summed E-state index contributed by atoms with van der Waals surface area (Å²) >= 11 is -0.0462. The molecule has 0 spiro atoms. The maximum atomic E-state index is 5.84. The van der Waals surface area contributed by atoms with E-state index in [0.29, 0.717) is 13.2 Å². The van der Waals surface area contributed by atoms with Crippen LogP contribution in [0.15, 0.2) is 21.1 Å². The van der Waals surface area contributed by atoms with Gasteiger partial charge in [0.15, 0.2) is 0 Å². The third kappa shape index (κ3) is 25.3. The Balaban J connectivity index is 1.81. The van der Waals surface area contributed by atoms with Gasteiger partial charge in [0.2, 0.25) is 0 Å². The monoisotopic (exact) mass is 618 g/mol. The van der Waals surface area contributed by atoms with Crippen LogP contribution < -0.4 is 0 Å². The Morgan fingerprint density at radius 1 is 0.385 bits per heavy atom. The van der Waals surface area contributed by atoms with Crippen molar-refractivity contribution in [3.05, 3.63) is 21.1 Å². The van der Waals surface area contributed by atoms with Crippen LogP contribution in [0.5, 0.6) is 0 Å². The van der Waals surface area contributed by atoms with Crippen LogP contribution >= 0.6 is 0 Å². The third-order valence-corrected chi connectivity index (χ3v) is 9.65.